The average Bonchev–Trinajstić information content (AvgIpc) is 2.82. The third kappa shape index (κ3) is 4.55. The third-order valence-electron chi connectivity index (χ3n) is 6.34. The monoisotopic (exact) mass is 452 g/mol. The van der Waals surface area contributed by atoms with Crippen LogP contribution in [-0.2, 0) is 9.59 Å². The summed E-state index contributed by atoms with van der Waals surface area (Å²) in [5.74, 6) is -1.14. The van der Waals surface area contributed by atoms with Crippen LogP contribution in [0.2, 0.25) is 0 Å². The van der Waals surface area contributed by atoms with Gasteiger partial charge in [-0.1, -0.05) is 6.07 Å². The van der Waals surface area contributed by atoms with Gasteiger partial charge in [0.15, 0.2) is 0 Å². The minimum Gasteiger partial charge on any atom is -0.358 e. The van der Waals surface area contributed by atoms with Crippen LogP contribution in [0.1, 0.15) is 43.5 Å². The second-order valence-electron chi connectivity index (χ2n) is 8.37. The number of anilines is 3. The molecule has 0 unspecified atom stereocenters. The van der Waals surface area contributed by atoms with Gasteiger partial charge >= 0.3 is 0 Å². The van der Waals surface area contributed by atoms with Crippen molar-refractivity contribution in [2.75, 3.05) is 41.3 Å². The summed E-state index contributed by atoms with van der Waals surface area (Å²) in [6.45, 7) is 5.56. The quantitative estimate of drug-likeness (QED) is 0.726. The first kappa shape index (κ1) is 22.8. The fourth-order valence-electron chi connectivity index (χ4n) is 4.66. The molecule has 0 saturated carbocycles. The Labute approximate surface area is 193 Å². The first-order valence-electron chi connectivity index (χ1n) is 11.5. The van der Waals surface area contributed by atoms with Crippen molar-refractivity contribution in [2.24, 2.45) is 0 Å². The molecule has 1 N–H and O–H groups in total. The predicted molar refractivity (Wildman–Crippen MR) is 126 cm³/mol. The molecule has 1 fully saturated rings. The summed E-state index contributed by atoms with van der Waals surface area (Å²) in [6.07, 6.45) is 2.66. The molecular formula is C25H29FN4O3. The van der Waals surface area contributed by atoms with Crippen molar-refractivity contribution in [2.45, 2.75) is 39.2 Å². The Hall–Kier alpha value is -3.42. The fraction of sp³-hybridized carbons (Fsp3) is 0.400. The van der Waals surface area contributed by atoms with Crippen molar-refractivity contribution >= 4 is 34.8 Å². The lowest BCUT2D eigenvalue weighted by Crippen LogP contribution is -2.56. The molecule has 1 saturated heterocycles. The average molecular weight is 453 g/mol. The molecule has 0 aliphatic carbocycles. The van der Waals surface area contributed by atoms with E-state index in [1.165, 1.54) is 23.1 Å². The number of carbonyl (C=O) groups excluding carboxylic acids is 3. The molecule has 33 heavy (non-hydrogen) atoms. The molecule has 7 nitrogen and oxygen atoms in total. The van der Waals surface area contributed by atoms with E-state index in [4.69, 9.17) is 0 Å². The van der Waals surface area contributed by atoms with Gasteiger partial charge in [-0.05, 0) is 69.5 Å². The minimum absolute atomic E-state index is 0.111. The number of hydrogen-bond acceptors (Lipinski definition) is 4. The van der Waals surface area contributed by atoms with Crippen molar-refractivity contribution in [1.82, 2.24) is 4.90 Å². The summed E-state index contributed by atoms with van der Waals surface area (Å²) in [4.78, 5) is 44.5. The van der Waals surface area contributed by atoms with Crippen LogP contribution in [0.15, 0.2) is 42.5 Å². The lowest BCUT2D eigenvalue weighted by Gasteiger charge is -2.45. The molecule has 0 radical (unpaired) electrons. The summed E-state index contributed by atoms with van der Waals surface area (Å²) in [5, 5.41) is 2.67. The zero-order valence-corrected chi connectivity index (χ0v) is 19.0. The van der Waals surface area contributed by atoms with Crippen LogP contribution >= 0.6 is 0 Å². The summed E-state index contributed by atoms with van der Waals surface area (Å²) < 4.78 is 13.5. The molecule has 8 heteroatoms. The van der Waals surface area contributed by atoms with Crippen LogP contribution in [0.5, 0.6) is 0 Å². The van der Waals surface area contributed by atoms with E-state index in [1.807, 2.05) is 19.9 Å². The highest BCUT2D eigenvalue weighted by Gasteiger charge is 2.40. The maximum absolute atomic E-state index is 13.5. The largest absolute Gasteiger partial charge is 0.358 e. The van der Waals surface area contributed by atoms with Crippen molar-refractivity contribution in [3.8, 4) is 0 Å². The second-order valence-corrected chi connectivity index (χ2v) is 8.37. The van der Waals surface area contributed by atoms with E-state index in [9.17, 15) is 18.8 Å². The lowest BCUT2D eigenvalue weighted by atomic mass is 9.95. The number of amides is 3. The molecule has 1 atom stereocenters. The van der Waals surface area contributed by atoms with Gasteiger partial charge in [0.2, 0.25) is 11.8 Å². The van der Waals surface area contributed by atoms with Gasteiger partial charge in [-0.25, -0.2) is 4.39 Å². The zero-order valence-electron chi connectivity index (χ0n) is 19.0. The molecule has 0 bridgehead atoms. The van der Waals surface area contributed by atoms with E-state index in [1.54, 1.807) is 23.1 Å². The minimum atomic E-state index is -0.454. The normalized spacial score (nSPS) is 17.3. The Bertz CT molecular complexity index is 1070. The number of carbonyl (C=O) groups is 3. The molecule has 2 aromatic rings. The smallest absolute Gasteiger partial charge is 0.253 e. The maximum Gasteiger partial charge on any atom is 0.253 e. The first-order valence-corrected chi connectivity index (χ1v) is 11.5. The van der Waals surface area contributed by atoms with Gasteiger partial charge in [-0.2, -0.15) is 0 Å². The van der Waals surface area contributed by atoms with Gasteiger partial charge in [0.25, 0.3) is 5.91 Å². The van der Waals surface area contributed by atoms with Gasteiger partial charge in [0, 0.05) is 30.9 Å². The second kappa shape index (κ2) is 9.60. The highest BCUT2D eigenvalue weighted by Crippen LogP contribution is 2.40. The molecule has 2 aliphatic rings. The topological polar surface area (TPSA) is 73.0 Å². The Morgan fingerprint density at radius 2 is 1.88 bits per heavy atom. The highest BCUT2D eigenvalue weighted by atomic mass is 19.1. The molecule has 3 amide bonds. The number of nitrogens with zero attached hydrogens (tertiary/aromatic N) is 3. The van der Waals surface area contributed by atoms with E-state index < -0.39 is 11.7 Å². The van der Waals surface area contributed by atoms with Crippen LogP contribution in [0.4, 0.5) is 21.5 Å². The molecule has 0 aromatic heterocycles. The van der Waals surface area contributed by atoms with Gasteiger partial charge in [-0.3, -0.25) is 19.3 Å². The van der Waals surface area contributed by atoms with Gasteiger partial charge < -0.3 is 15.1 Å². The lowest BCUT2D eigenvalue weighted by molar-refractivity contribution is -0.123. The molecule has 174 valence electrons. The van der Waals surface area contributed by atoms with Gasteiger partial charge in [0.1, 0.15) is 18.4 Å². The Kier molecular flexibility index (Phi) is 6.62. The Morgan fingerprint density at radius 3 is 2.61 bits per heavy atom. The number of fused-ring (bicyclic) bond motifs is 3. The van der Waals surface area contributed by atoms with Crippen LogP contribution < -0.4 is 15.1 Å². The summed E-state index contributed by atoms with van der Waals surface area (Å²) in [5.41, 5.74) is 2.23. The maximum atomic E-state index is 13.5. The standard InChI is InChI=1S/C25H29FN4O3/c1-3-28(4-2)24(32)17-11-12-20-22(14-17)30(25(33)21-10-5-6-13-29(20)21)16-23(31)27-19-9-7-8-18(26)15-19/h7-9,11-12,14-15,21H,3-6,10,13,16H2,1-2H3,(H,27,31)/t21-/m0/s1. The number of nitrogens with one attached hydrogen (secondary N) is 1. The molecule has 2 aromatic carbocycles. The summed E-state index contributed by atoms with van der Waals surface area (Å²) in [7, 11) is 0. The van der Waals surface area contributed by atoms with E-state index in [2.05, 4.69) is 10.2 Å². The summed E-state index contributed by atoms with van der Waals surface area (Å²) in [6, 6.07) is 10.7. The van der Waals surface area contributed by atoms with E-state index >= 15 is 0 Å². The highest BCUT2D eigenvalue weighted by molar-refractivity contribution is 6.11. The third-order valence-corrected chi connectivity index (χ3v) is 6.34. The van der Waals surface area contributed by atoms with Crippen LogP contribution in [0.25, 0.3) is 0 Å². The molecule has 4 rings (SSSR count). The Balaban J connectivity index is 1.67. The van der Waals surface area contributed by atoms with Gasteiger partial charge in [-0.15, -0.1) is 0 Å². The number of benzene rings is 2. The SMILES string of the molecule is CCN(CC)C(=O)c1ccc2c(c1)N(CC(=O)Nc1cccc(F)c1)C(=O)[C@@H]1CCCCN21. The van der Waals surface area contributed by atoms with Crippen molar-refractivity contribution in [3.63, 3.8) is 0 Å². The number of hydrogen-bond donors (Lipinski definition) is 1. The molecule has 2 aliphatic heterocycles. The first-order chi connectivity index (χ1) is 15.9. The zero-order chi connectivity index (χ0) is 23.5. The fourth-order valence-corrected chi connectivity index (χ4v) is 4.66. The van der Waals surface area contributed by atoms with E-state index in [0.717, 1.165) is 31.5 Å². The van der Waals surface area contributed by atoms with Crippen LogP contribution in [0, 0.1) is 5.82 Å². The van der Waals surface area contributed by atoms with Gasteiger partial charge in [0.05, 0.1) is 11.4 Å². The Morgan fingerprint density at radius 1 is 1.09 bits per heavy atom. The van der Waals surface area contributed by atoms with Crippen molar-refractivity contribution in [3.05, 3.63) is 53.8 Å². The number of halogens is 1. The molecule has 0 spiro atoms. The van der Waals surface area contributed by atoms with Crippen LogP contribution in [0.3, 0.4) is 0 Å². The van der Waals surface area contributed by atoms with Crippen molar-refractivity contribution in [1.29, 1.82) is 0 Å². The van der Waals surface area contributed by atoms with Crippen LogP contribution in [-0.4, -0.2) is 54.8 Å². The predicted octanol–water partition coefficient (Wildman–Crippen LogP) is 3.65. The van der Waals surface area contributed by atoms with E-state index in [0.29, 0.717) is 30.0 Å². The number of rotatable bonds is 6. The van der Waals surface area contributed by atoms with Crippen molar-refractivity contribution < 1.29 is 18.8 Å². The molecule has 2 heterocycles. The molecular weight excluding hydrogens is 423 g/mol. The summed E-state index contributed by atoms with van der Waals surface area (Å²) >= 11 is 0. The number of piperidine rings is 1. The van der Waals surface area contributed by atoms with E-state index in [-0.39, 0.29) is 24.4 Å².